The van der Waals surface area contributed by atoms with E-state index in [2.05, 4.69) is 20.3 Å². The van der Waals surface area contributed by atoms with Crippen molar-refractivity contribution in [3.8, 4) is 0 Å². The van der Waals surface area contributed by atoms with Gasteiger partial charge in [-0.25, -0.2) is 19.7 Å². The first kappa shape index (κ1) is 15.4. The molecule has 2 aromatic heterocycles. The van der Waals surface area contributed by atoms with Crippen LogP contribution in [-0.4, -0.2) is 34.1 Å². The number of nitrogens with one attached hydrogen (secondary N) is 1. The third kappa shape index (κ3) is 4.22. The lowest BCUT2D eigenvalue weighted by Crippen LogP contribution is -2.12. The molecule has 112 valence electrons. The highest BCUT2D eigenvalue weighted by molar-refractivity contribution is 7.09. The molecule has 0 radical (unpaired) electrons. The number of anilines is 1. The molecule has 2 aromatic rings. The zero-order valence-electron chi connectivity index (χ0n) is 12.3. The summed E-state index contributed by atoms with van der Waals surface area (Å²) in [6.07, 6.45) is 2.32. The predicted molar refractivity (Wildman–Crippen MR) is 81.8 cm³/mol. The van der Waals surface area contributed by atoms with Crippen molar-refractivity contribution in [1.29, 1.82) is 0 Å². The van der Waals surface area contributed by atoms with Gasteiger partial charge in [-0.05, 0) is 20.8 Å². The number of esters is 1. The monoisotopic (exact) mass is 306 g/mol. The van der Waals surface area contributed by atoms with Crippen LogP contribution in [0.2, 0.25) is 0 Å². The summed E-state index contributed by atoms with van der Waals surface area (Å²) in [4.78, 5) is 24.5. The quantitative estimate of drug-likeness (QED) is 0.826. The Kier molecular flexibility index (Phi) is 5.21. The Bertz CT molecular complexity index is 627. The van der Waals surface area contributed by atoms with E-state index in [4.69, 9.17) is 4.74 Å². The van der Waals surface area contributed by atoms with Crippen molar-refractivity contribution in [2.24, 2.45) is 0 Å². The van der Waals surface area contributed by atoms with E-state index in [1.807, 2.05) is 12.3 Å². The van der Waals surface area contributed by atoms with Crippen LogP contribution in [0.15, 0.2) is 11.6 Å². The van der Waals surface area contributed by atoms with Crippen molar-refractivity contribution >= 4 is 23.3 Å². The molecule has 0 saturated carbocycles. The smallest absolute Gasteiger partial charge is 0.341 e. The minimum absolute atomic E-state index is 0.339. The normalized spacial score (nSPS) is 10.4. The van der Waals surface area contributed by atoms with Gasteiger partial charge in [0.1, 0.15) is 0 Å². The van der Waals surface area contributed by atoms with E-state index in [9.17, 15) is 4.79 Å². The van der Waals surface area contributed by atoms with Crippen LogP contribution >= 0.6 is 11.3 Å². The van der Waals surface area contributed by atoms with Gasteiger partial charge < -0.3 is 10.1 Å². The molecule has 1 N–H and O–H groups in total. The molecule has 0 saturated heterocycles. The fourth-order valence-corrected chi connectivity index (χ4v) is 2.54. The van der Waals surface area contributed by atoms with Gasteiger partial charge in [-0.15, -0.1) is 11.3 Å². The highest BCUT2D eigenvalue weighted by Gasteiger charge is 2.12. The summed E-state index contributed by atoms with van der Waals surface area (Å²) in [5, 5.41) is 6.25. The van der Waals surface area contributed by atoms with Gasteiger partial charge in [0.05, 0.1) is 22.9 Å². The van der Waals surface area contributed by atoms with Gasteiger partial charge in [-0.3, -0.25) is 0 Å². The maximum atomic E-state index is 11.6. The molecule has 0 bridgehead atoms. The van der Waals surface area contributed by atoms with E-state index in [-0.39, 0.29) is 5.97 Å². The lowest BCUT2D eigenvalue weighted by Gasteiger charge is -2.07. The highest BCUT2D eigenvalue weighted by Crippen LogP contribution is 2.11. The standard InChI is InChI=1S/C14H18N4O2S/c1-4-20-13(19)11-7-16-14(18-10(11)3)15-6-5-12-17-9(2)8-21-12/h7-8H,4-6H2,1-3H3,(H,15,16,18). The molecule has 0 aliphatic carbocycles. The first-order valence-electron chi connectivity index (χ1n) is 6.75. The Hall–Kier alpha value is -2.02. The molecule has 0 unspecified atom stereocenters. The number of aryl methyl sites for hydroxylation is 2. The van der Waals surface area contributed by atoms with Crippen molar-refractivity contribution in [3.63, 3.8) is 0 Å². The Balaban J connectivity index is 1.92. The molecular weight excluding hydrogens is 288 g/mol. The summed E-state index contributed by atoms with van der Waals surface area (Å²) >= 11 is 1.65. The molecule has 0 atom stereocenters. The van der Waals surface area contributed by atoms with Gasteiger partial charge in [0.2, 0.25) is 5.95 Å². The fourth-order valence-electron chi connectivity index (χ4n) is 1.76. The van der Waals surface area contributed by atoms with Crippen LogP contribution < -0.4 is 5.32 Å². The number of aromatic nitrogens is 3. The summed E-state index contributed by atoms with van der Waals surface area (Å²) in [7, 11) is 0. The molecular formula is C14H18N4O2S. The van der Waals surface area contributed by atoms with Gasteiger partial charge >= 0.3 is 5.97 Å². The number of carbonyl (C=O) groups excluding carboxylic acids is 1. The summed E-state index contributed by atoms with van der Waals surface area (Å²) in [5.74, 6) is 0.119. The van der Waals surface area contributed by atoms with Crippen molar-refractivity contribution in [2.45, 2.75) is 27.2 Å². The number of ether oxygens (including phenoxy) is 1. The fraction of sp³-hybridized carbons (Fsp3) is 0.429. The second kappa shape index (κ2) is 7.12. The van der Waals surface area contributed by atoms with Gasteiger partial charge in [0, 0.05) is 30.2 Å². The second-order valence-corrected chi connectivity index (χ2v) is 5.42. The van der Waals surface area contributed by atoms with E-state index in [0.717, 1.165) is 17.1 Å². The molecule has 0 aromatic carbocycles. The first-order valence-corrected chi connectivity index (χ1v) is 7.63. The number of nitrogens with zero attached hydrogens (tertiary/aromatic N) is 3. The maximum absolute atomic E-state index is 11.6. The lowest BCUT2D eigenvalue weighted by atomic mass is 10.2. The van der Waals surface area contributed by atoms with E-state index < -0.39 is 0 Å². The number of hydrogen-bond acceptors (Lipinski definition) is 7. The Morgan fingerprint density at radius 2 is 2.19 bits per heavy atom. The maximum Gasteiger partial charge on any atom is 0.341 e. The molecule has 21 heavy (non-hydrogen) atoms. The number of thiazole rings is 1. The Morgan fingerprint density at radius 1 is 1.38 bits per heavy atom. The SMILES string of the molecule is CCOC(=O)c1cnc(NCCc2nc(C)cs2)nc1C. The molecule has 0 aliphatic heterocycles. The zero-order valence-corrected chi connectivity index (χ0v) is 13.2. The molecule has 6 nitrogen and oxygen atoms in total. The first-order chi connectivity index (χ1) is 10.1. The summed E-state index contributed by atoms with van der Waals surface area (Å²) in [6.45, 7) is 6.55. The van der Waals surface area contributed by atoms with Gasteiger partial charge in [-0.1, -0.05) is 0 Å². The minimum Gasteiger partial charge on any atom is -0.462 e. The van der Waals surface area contributed by atoms with Gasteiger partial charge in [0.15, 0.2) is 0 Å². The van der Waals surface area contributed by atoms with Gasteiger partial charge in [-0.2, -0.15) is 0 Å². The van der Waals surface area contributed by atoms with Crippen molar-refractivity contribution in [2.75, 3.05) is 18.5 Å². The molecule has 0 spiro atoms. The third-order valence-corrected chi connectivity index (χ3v) is 3.79. The number of rotatable bonds is 6. The molecule has 2 rings (SSSR count). The van der Waals surface area contributed by atoms with Crippen LogP contribution in [0.3, 0.4) is 0 Å². The van der Waals surface area contributed by atoms with Crippen LogP contribution in [0.4, 0.5) is 5.95 Å². The van der Waals surface area contributed by atoms with E-state index in [1.54, 1.807) is 25.2 Å². The van der Waals surface area contributed by atoms with Crippen LogP contribution in [-0.2, 0) is 11.2 Å². The Morgan fingerprint density at radius 3 is 2.81 bits per heavy atom. The van der Waals surface area contributed by atoms with Crippen molar-refractivity contribution in [1.82, 2.24) is 15.0 Å². The third-order valence-electron chi connectivity index (χ3n) is 2.76. The summed E-state index contributed by atoms with van der Waals surface area (Å²) in [5.41, 5.74) is 2.05. The number of carbonyl (C=O) groups is 1. The van der Waals surface area contributed by atoms with Crippen molar-refractivity contribution in [3.05, 3.63) is 33.5 Å². The van der Waals surface area contributed by atoms with Crippen LogP contribution in [0, 0.1) is 13.8 Å². The molecule has 0 amide bonds. The van der Waals surface area contributed by atoms with Crippen LogP contribution in [0.5, 0.6) is 0 Å². The van der Waals surface area contributed by atoms with Gasteiger partial charge in [0.25, 0.3) is 0 Å². The van der Waals surface area contributed by atoms with E-state index in [0.29, 0.717) is 30.4 Å². The average Bonchev–Trinajstić information content (AvgIpc) is 2.85. The van der Waals surface area contributed by atoms with Crippen LogP contribution in [0.1, 0.15) is 33.7 Å². The summed E-state index contributed by atoms with van der Waals surface area (Å²) < 4.78 is 4.94. The number of hydrogen-bond donors (Lipinski definition) is 1. The highest BCUT2D eigenvalue weighted by atomic mass is 32.1. The molecule has 0 aliphatic rings. The Labute approximate surface area is 127 Å². The van der Waals surface area contributed by atoms with E-state index >= 15 is 0 Å². The molecule has 2 heterocycles. The van der Waals surface area contributed by atoms with Crippen molar-refractivity contribution < 1.29 is 9.53 Å². The summed E-state index contributed by atoms with van der Waals surface area (Å²) in [6, 6.07) is 0. The molecule has 7 heteroatoms. The average molecular weight is 306 g/mol. The topological polar surface area (TPSA) is 77.0 Å². The minimum atomic E-state index is -0.389. The second-order valence-electron chi connectivity index (χ2n) is 4.47. The van der Waals surface area contributed by atoms with Crippen LogP contribution in [0.25, 0.3) is 0 Å². The molecule has 0 fully saturated rings. The lowest BCUT2D eigenvalue weighted by molar-refractivity contribution is 0.0524. The predicted octanol–water partition coefficient (Wildman–Crippen LogP) is 2.38. The van der Waals surface area contributed by atoms with E-state index in [1.165, 1.54) is 6.20 Å². The zero-order chi connectivity index (χ0) is 15.2. The largest absolute Gasteiger partial charge is 0.462 e.